The third-order valence-corrected chi connectivity index (χ3v) is 7.60. The van der Waals surface area contributed by atoms with E-state index in [1.54, 1.807) is 42.9 Å². The predicted molar refractivity (Wildman–Crippen MR) is 137 cm³/mol. The number of Topliss-reactive ketones (excluding diaryl/α,β-unsaturated/α-hetero) is 1. The van der Waals surface area contributed by atoms with Gasteiger partial charge in [0.1, 0.15) is 5.82 Å². The number of aryl methyl sites for hydroxylation is 1. The van der Waals surface area contributed by atoms with E-state index in [4.69, 9.17) is 4.74 Å². The van der Waals surface area contributed by atoms with Crippen LogP contribution in [0, 0.1) is 11.7 Å². The fraction of sp³-hybridized carbons (Fsp3) is 0.481. The number of likely N-dealkylation sites (tertiary alicyclic amines) is 1. The van der Waals surface area contributed by atoms with E-state index in [1.807, 2.05) is 17.0 Å². The van der Waals surface area contributed by atoms with Gasteiger partial charge in [-0.2, -0.15) is 5.10 Å². The van der Waals surface area contributed by atoms with Crippen molar-refractivity contribution in [3.63, 3.8) is 0 Å². The molecule has 4 rings (SSSR count). The van der Waals surface area contributed by atoms with Gasteiger partial charge in [-0.1, -0.05) is 30.0 Å². The lowest BCUT2D eigenvalue weighted by molar-refractivity contribution is -0.143. The number of ether oxygens (including phenoxy) is 1. The Morgan fingerprint density at radius 3 is 2.69 bits per heavy atom. The first-order valence-electron chi connectivity index (χ1n) is 12.4. The van der Waals surface area contributed by atoms with Crippen molar-refractivity contribution >= 4 is 34.7 Å². The van der Waals surface area contributed by atoms with Gasteiger partial charge in [-0.05, 0) is 50.0 Å². The third kappa shape index (κ3) is 6.70. The molecule has 0 N–H and O–H groups in total. The topological polar surface area (TPSA) is 81.5 Å². The number of thioether (sulfide) groups is 1. The second-order valence-corrected chi connectivity index (χ2v) is 10.6. The number of carbonyl (C=O) groups excluding carboxylic acids is 3. The average Bonchev–Trinajstić information content (AvgIpc) is 3.60. The maximum atomic E-state index is 14.8. The summed E-state index contributed by atoms with van der Waals surface area (Å²) in [5.74, 6) is -0.585. The quantitative estimate of drug-likeness (QED) is 0.435. The second kappa shape index (κ2) is 12.0. The van der Waals surface area contributed by atoms with Gasteiger partial charge in [-0.25, -0.2) is 4.39 Å². The lowest BCUT2D eigenvalue weighted by Crippen LogP contribution is -2.43. The summed E-state index contributed by atoms with van der Waals surface area (Å²) in [6.45, 7) is 5.11. The van der Waals surface area contributed by atoms with E-state index in [0.29, 0.717) is 43.9 Å². The van der Waals surface area contributed by atoms with Crippen molar-refractivity contribution in [2.75, 3.05) is 19.7 Å². The van der Waals surface area contributed by atoms with Crippen molar-refractivity contribution in [1.29, 1.82) is 0 Å². The smallest absolute Gasteiger partial charge is 0.307 e. The molecular formula is C27H32FN3O4S. The molecule has 2 heterocycles. The van der Waals surface area contributed by atoms with Gasteiger partial charge in [-0.3, -0.25) is 24.0 Å². The summed E-state index contributed by atoms with van der Waals surface area (Å²) in [6, 6.07) is 7.72. The van der Waals surface area contributed by atoms with E-state index in [1.165, 1.54) is 17.8 Å². The van der Waals surface area contributed by atoms with Gasteiger partial charge < -0.3 is 4.74 Å². The normalized spacial score (nSPS) is 20.3. The van der Waals surface area contributed by atoms with Gasteiger partial charge >= 0.3 is 5.97 Å². The number of piperidine rings is 1. The van der Waals surface area contributed by atoms with E-state index in [9.17, 15) is 18.8 Å². The van der Waals surface area contributed by atoms with Gasteiger partial charge in [0, 0.05) is 42.9 Å². The lowest BCUT2D eigenvalue weighted by atomic mass is 9.93. The number of carbonyl (C=O) groups is 3. The van der Waals surface area contributed by atoms with Gasteiger partial charge in [0.15, 0.2) is 10.9 Å². The summed E-state index contributed by atoms with van der Waals surface area (Å²) in [7, 11) is 0. The van der Waals surface area contributed by atoms with Gasteiger partial charge in [0.2, 0.25) is 0 Å². The molecule has 2 aromatic rings. The van der Waals surface area contributed by atoms with E-state index < -0.39 is 6.04 Å². The fourth-order valence-electron chi connectivity index (χ4n) is 4.60. The van der Waals surface area contributed by atoms with E-state index in [2.05, 4.69) is 5.10 Å². The van der Waals surface area contributed by atoms with Crippen LogP contribution in [-0.4, -0.2) is 56.5 Å². The minimum atomic E-state index is -0.646. The molecule has 2 unspecified atom stereocenters. The highest BCUT2D eigenvalue weighted by atomic mass is 32.2. The van der Waals surface area contributed by atoms with E-state index in [0.717, 1.165) is 18.4 Å². The maximum absolute atomic E-state index is 14.8. The van der Waals surface area contributed by atoms with Crippen LogP contribution in [0.5, 0.6) is 0 Å². The number of aromatic nitrogens is 2. The van der Waals surface area contributed by atoms with E-state index >= 15 is 0 Å². The van der Waals surface area contributed by atoms with Crippen LogP contribution >= 0.6 is 11.8 Å². The summed E-state index contributed by atoms with van der Waals surface area (Å²) in [6.07, 6.45) is 6.36. The highest BCUT2D eigenvalue weighted by Gasteiger charge is 2.41. The second-order valence-electron chi connectivity index (χ2n) is 9.24. The van der Waals surface area contributed by atoms with Crippen LogP contribution in [0.15, 0.2) is 42.1 Å². The Hall–Kier alpha value is -2.78. The van der Waals surface area contributed by atoms with Gasteiger partial charge in [-0.15, -0.1) is 0 Å². The van der Waals surface area contributed by atoms with Crippen molar-refractivity contribution < 1.29 is 23.5 Å². The van der Waals surface area contributed by atoms with Crippen molar-refractivity contribution in [3.05, 3.63) is 59.2 Å². The first-order valence-corrected chi connectivity index (χ1v) is 13.3. The Labute approximate surface area is 215 Å². The largest absolute Gasteiger partial charge is 0.466 e. The fourth-order valence-corrected chi connectivity index (χ4v) is 5.52. The SMILES string of the molecule is CCOC(=O)CCn1ccc(C=C2CN(C(C(=O)C3CC3)c3ccccc3F)CCC2SC(C)=O)n1. The summed E-state index contributed by atoms with van der Waals surface area (Å²) in [5, 5.41) is 4.54. The molecular weight excluding hydrogens is 481 g/mol. The van der Waals surface area contributed by atoms with Crippen LogP contribution in [0.25, 0.3) is 6.08 Å². The molecule has 7 nitrogen and oxygen atoms in total. The van der Waals surface area contributed by atoms with Gasteiger partial charge in [0.05, 0.1) is 31.3 Å². The van der Waals surface area contributed by atoms with Crippen LogP contribution in [0.3, 0.4) is 0 Å². The Kier molecular flexibility index (Phi) is 8.74. The summed E-state index contributed by atoms with van der Waals surface area (Å²) in [5.41, 5.74) is 2.09. The first kappa shape index (κ1) is 26.3. The molecule has 2 aliphatic rings. The molecule has 2 atom stereocenters. The Balaban J connectivity index is 1.57. The third-order valence-electron chi connectivity index (χ3n) is 6.45. The number of halogens is 1. The number of rotatable bonds is 10. The van der Waals surface area contributed by atoms with Crippen molar-refractivity contribution in [3.8, 4) is 0 Å². The number of esters is 1. The molecule has 192 valence electrons. The standard InChI is InChI=1S/C27H32FN3O4S/c1-3-35-25(33)12-15-31-14-10-21(29-31)16-20-17-30(13-11-24(20)36-18(2)32)26(27(34)19-8-9-19)22-6-4-5-7-23(22)28/h4-7,10,14,16,19,24,26H,3,8-9,11-13,15,17H2,1-2H3. The highest BCUT2D eigenvalue weighted by Crippen LogP contribution is 2.40. The average molecular weight is 514 g/mol. The lowest BCUT2D eigenvalue weighted by Gasteiger charge is -2.38. The zero-order chi connectivity index (χ0) is 25.7. The molecule has 1 aliphatic carbocycles. The Bertz CT molecular complexity index is 1140. The summed E-state index contributed by atoms with van der Waals surface area (Å²) in [4.78, 5) is 39.0. The zero-order valence-electron chi connectivity index (χ0n) is 20.7. The Morgan fingerprint density at radius 1 is 1.22 bits per heavy atom. The summed E-state index contributed by atoms with van der Waals surface area (Å²) >= 11 is 1.28. The molecule has 9 heteroatoms. The molecule has 0 spiro atoms. The predicted octanol–water partition coefficient (Wildman–Crippen LogP) is 4.43. The minimum absolute atomic E-state index is 0.0125. The van der Waals surface area contributed by atoms with Crippen LogP contribution in [0.2, 0.25) is 0 Å². The van der Waals surface area contributed by atoms with Crippen LogP contribution in [-0.2, 0) is 25.7 Å². The summed E-state index contributed by atoms with van der Waals surface area (Å²) < 4.78 is 21.5. The molecule has 1 saturated heterocycles. The van der Waals surface area contributed by atoms with Crippen molar-refractivity contribution in [2.24, 2.45) is 5.92 Å². The molecule has 1 aliphatic heterocycles. The Morgan fingerprint density at radius 2 is 2.00 bits per heavy atom. The van der Waals surface area contributed by atoms with Crippen LogP contribution in [0.4, 0.5) is 4.39 Å². The van der Waals surface area contributed by atoms with Crippen molar-refractivity contribution in [1.82, 2.24) is 14.7 Å². The van der Waals surface area contributed by atoms with Crippen LogP contribution < -0.4 is 0 Å². The monoisotopic (exact) mass is 513 g/mol. The molecule has 2 fully saturated rings. The van der Waals surface area contributed by atoms with Crippen LogP contribution in [0.1, 0.15) is 56.8 Å². The highest BCUT2D eigenvalue weighted by molar-refractivity contribution is 8.14. The molecule has 0 radical (unpaired) electrons. The minimum Gasteiger partial charge on any atom is -0.466 e. The number of hydrogen-bond donors (Lipinski definition) is 0. The number of nitrogens with zero attached hydrogens (tertiary/aromatic N) is 3. The molecule has 1 aromatic carbocycles. The number of benzene rings is 1. The molecule has 36 heavy (non-hydrogen) atoms. The van der Waals surface area contributed by atoms with Gasteiger partial charge in [0.25, 0.3) is 0 Å². The molecule has 0 bridgehead atoms. The van der Waals surface area contributed by atoms with Crippen molar-refractivity contribution in [2.45, 2.75) is 57.4 Å². The number of ketones is 1. The first-order chi connectivity index (χ1) is 17.4. The maximum Gasteiger partial charge on any atom is 0.307 e. The molecule has 1 saturated carbocycles. The number of hydrogen-bond acceptors (Lipinski definition) is 7. The zero-order valence-corrected chi connectivity index (χ0v) is 21.5. The molecule has 1 aromatic heterocycles. The van der Waals surface area contributed by atoms with E-state index in [-0.39, 0.29) is 40.3 Å². The molecule has 0 amide bonds.